The number of nitrogens with zero attached hydrogens (tertiary/aromatic N) is 1. The van der Waals surface area contributed by atoms with Crippen molar-refractivity contribution >= 4 is 33.2 Å². The highest BCUT2D eigenvalue weighted by atomic mass is 79.9. The molecular weight excluding hydrogens is 324 g/mol. The van der Waals surface area contributed by atoms with E-state index in [9.17, 15) is 0 Å². The molecule has 0 aliphatic rings. The largest absolute Gasteiger partial charge is 0.370 e. The molecule has 2 rings (SSSR count). The Hall–Kier alpha value is -1.03. The van der Waals surface area contributed by atoms with Crippen LogP contribution in [0.2, 0.25) is 5.02 Å². The van der Waals surface area contributed by atoms with Crippen LogP contribution in [0, 0.1) is 0 Å². The fraction of sp³-hybridized carbons (Fsp3) is 0.200. The first-order valence-electron chi connectivity index (χ1n) is 6.04. The van der Waals surface area contributed by atoms with Crippen molar-refractivity contribution in [2.24, 2.45) is 5.73 Å². The minimum absolute atomic E-state index is 0.468. The third-order valence-corrected chi connectivity index (χ3v) is 3.91. The molecule has 2 N–H and O–H groups in total. The van der Waals surface area contributed by atoms with Gasteiger partial charge >= 0.3 is 0 Å². The Balaban J connectivity index is 2.13. The van der Waals surface area contributed by atoms with Crippen molar-refractivity contribution in [3.05, 3.63) is 63.1 Å². The molecule has 0 unspecified atom stereocenters. The van der Waals surface area contributed by atoms with E-state index in [4.69, 9.17) is 17.3 Å². The van der Waals surface area contributed by atoms with Crippen molar-refractivity contribution in [2.75, 3.05) is 11.9 Å². The van der Waals surface area contributed by atoms with E-state index < -0.39 is 0 Å². The molecule has 0 atom stereocenters. The van der Waals surface area contributed by atoms with Gasteiger partial charge in [0.1, 0.15) is 0 Å². The molecule has 2 aromatic rings. The summed E-state index contributed by atoms with van der Waals surface area (Å²) in [6, 6.07) is 14.3. The summed E-state index contributed by atoms with van der Waals surface area (Å²) in [4.78, 5) is 2.16. The van der Waals surface area contributed by atoms with Crippen molar-refractivity contribution in [3.63, 3.8) is 0 Å². The van der Waals surface area contributed by atoms with Gasteiger partial charge in [0.2, 0.25) is 0 Å². The molecule has 0 radical (unpaired) electrons. The lowest BCUT2D eigenvalue weighted by atomic mass is 10.1. The van der Waals surface area contributed by atoms with Crippen molar-refractivity contribution in [1.29, 1.82) is 0 Å². The molecule has 0 fully saturated rings. The van der Waals surface area contributed by atoms with Gasteiger partial charge in [-0.05, 0) is 35.4 Å². The highest BCUT2D eigenvalue weighted by Gasteiger charge is 2.05. The lowest BCUT2D eigenvalue weighted by molar-refractivity contribution is 0.921. The van der Waals surface area contributed by atoms with Crippen LogP contribution < -0.4 is 10.6 Å². The lowest BCUT2D eigenvalue weighted by Crippen LogP contribution is -2.16. The van der Waals surface area contributed by atoms with Gasteiger partial charge in [0, 0.05) is 35.3 Å². The molecule has 2 nitrogen and oxygen atoms in total. The van der Waals surface area contributed by atoms with E-state index in [-0.39, 0.29) is 0 Å². The predicted octanol–water partition coefficient (Wildman–Crippen LogP) is 4.20. The van der Waals surface area contributed by atoms with Crippen LogP contribution in [0.15, 0.2) is 46.9 Å². The van der Waals surface area contributed by atoms with Crippen LogP contribution in [0.5, 0.6) is 0 Å². The van der Waals surface area contributed by atoms with Gasteiger partial charge in [-0.2, -0.15) is 0 Å². The number of hydrogen-bond acceptors (Lipinski definition) is 2. The van der Waals surface area contributed by atoms with E-state index in [2.05, 4.69) is 40.0 Å². The first-order valence-corrected chi connectivity index (χ1v) is 7.21. The van der Waals surface area contributed by atoms with Crippen LogP contribution in [-0.2, 0) is 13.1 Å². The van der Waals surface area contributed by atoms with Gasteiger partial charge in [0.15, 0.2) is 0 Å². The molecule has 100 valence electrons. The maximum Gasteiger partial charge on any atom is 0.0471 e. The van der Waals surface area contributed by atoms with Gasteiger partial charge in [0.05, 0.1) is 0 Å². The van der Waals surface area contributed by atoms with Crippen molar-refractivity contribution in [1.82, 2.24) is 0 Å². The molecule has 4 heteroatoms. The molecular formula is C15H16BrClN2. The summed E-state index contributed by atoms with van der Waals surface area (Å²) in [6.07, 6.45) is 0. The minimum atomic E-state index is 0.468. The monoisotopic (exact) mass is 338 g/mol. The van der Waals surface area contributed by atoms with Crippen LogP contribution >= 0.6 is 27.5 Å². The molecule has 0 heterocycles. The quantitative estimate of drug-likeness (QED) is 0.904. The normalized spacial score (nSPS) is 10.5. The SMILES string of the molecule is CN(Cc1ccc(Br)cc1)c1ccc(CN)c(Cl)c1. The molecule has 0 saturated heterocycles. The number of hydrogen-bond donors (Lipinski definition) is 1. The third kappa shape index (κ3) is 3.72. The number of nitrogens with two attached hydrogens (primary N) is 1. The van der Waals surface area contributed by atoms with E-state index in [1.165, 1.54) is 5.56 Å². The second kappa shape index (κ2) is 6.42. The van der Waals surface area contributed by atoms with Crippen molar-refractivity contribution < 1.29 is 0 Å². The van der Waals surface area contributed by atoms with Gasteiger partial charge < -0.3 is 10.6 Å². The average molecular weight is 340 g/mol. The maximum absolute atomic E-state index is 6.18. The topological polar surface area (TPSA) is 29.3 Å². The Morgan fingerprint density at radius 2 is 1.84 bits per heavy atom. The number of halogens is 2. The molecule has 0 saturated carbocycles. The highest BCUT2D eigenvalue weighted by molar-refractivity contribution is 9.10. The summed E-state index contributed by atoms with van der Waals surface area (Å²) in [5.74, 6) is 0. The molecule has 0 aliphatic heterocycles. The Labute approximate surface area is 127 Å². The van der Waals surface area contributed by atoms with Crippen LogP contribution in [-0.4, -0.2) is 7.05 Å². The number of rotatable bonds is 4. The Kier molecular flexibility index (Phi) is 4.86. The summed E-state index contributed by atoms with van der Waals surface area (Å²) in [6.45, 7) is 1.31. The molecule has 19 heavy (non-hydrogen) atoms. The van der Waals surface area contributed by atoms with Gasteiger partial charge in [-0.25, -0.2) is 0 Å². The lowest BCUT2D eigenvalue weighted by Gasteiger charge is -2.20. The van der Waals surface area contributed by atoms with E-state index in [1.54, 1.807) is 0 Å². The molecule has 0 aliphatic carbocycles. The van der Waals surface area contributed by atoms with Crippen LogP contribution in [0.4, 0.5) is 5.69 Å². The Morgan fingerprint density at radius 1 is 1.16 bits per heavy atom. The average Bonchev–Trinajstić information content (AvgIpc) is 2.41. The zero-order valence-electron chi connectivity index (χ0n) is 10.7. The standard InChI is InChI=1S/C15H16BrClN2/c1-19(10-11-2-5-13(16)6-3-11)14-7-4-12(9-18)15(17)8-14/h2-8H,9-10,18H2,1H3. The fourth-order valence-corrected chi connectivity index (χ4v) is 2.41. The van der Waals surface area contributed by atoms with Gasteiger partial charge in [-0.15, -0.1) is 0 Å². The van der Waals surface area contributed by atoms with E-state index in [0.29, 0.717) is 6.54 Å². The zero-order valence-corrected chi connectivity index (χ0v) is 13.1. The van der Waals surface area contributed by atoms with Crippen LogP contribution in [0.3, 0.4) is 0 Å². The first kappa shape index (κ1) is 14.4. The van der Waals surface area contributed by atoms with Gasteiger partial charge in [0.25, 0.3) is 0 Å². The zero-order chi connectivity index (χ0) is 13.8. The van der Waals surface area contributed by atoms with Gasteiger partial charge in [-0.1, -0.05) is 45.7 Å². The van der Waals surface area contributed by atoms with E-state index in [1.807, 2.05) is 30.3 Å². The van der Waals surface area contributed by atoms with E-state index in [0.717, 1.165) is 27.3 Å². The second-order valence-corrected chi connectivity index (χ2v) is 5.79. The fourth-order valence-electron chi connectivity index (χ4n) is 1.89. The smallest absolute Gasteiger partial charge is 0.0471 e. The highest BCUT2D eigenvalue weighted by Crippen LogP contribution is 2.24. The summed E-state index contributed by atoms with van der Waals surface area (Å²) in [5.41, 5.74) is 8.93. The molecule has 2 aromatic carbocycles. The summed E-state index contributed by atoms with van der Waals surface area (Å²) in [5, 5.41) is 0.725. The summed E-state index contributed by atoms with van der Waals surface area (Å²) in [7, 11) is 2.05. The Morgan fingerprint density at radius 3 is 2.42 bits per heavy atom. The molecule has 0 spiro atoms. The number of benzene rings is 2. The van der Waals surface area contributed by atoms with Crippen LogP contribution in [0.25, 0.3) is 0 Å². The molecule has 0 aromatic heterocycles. The molecule has 0 bridgehead atoms. The Bertz CT molecular complexity index is 555. The van der Waals surface area contributed by atoms with Crippen LogP contribution in [0.1, 0.15) is 11.1 Å². The second-order valence-electron chi connectivity index (χ2n) is 4.46. The van der Waals surface area contributed by atoms with Gasteiger partial charge in [-0.3, -0.25) is 0 Å². The predicted molar refractivity (Wildman–Crippen MR) is 85.6 cm³/mol. The minimum Gasteiger partial charge on any atom is -0.370 e. The summed E-state index contributed by atoms with van der Waals surface area (Å²) < 4.78 is 1.09. The van der Waals surface area contributed by atoms with E-state index >= 15 is 0 Å². The van der Waals surface area contributed by atoms with Crippen molar-refractivity contribution in [2.45, 2.75) is 13.1 Å². The molecule has 0 amide bonds. The first-order chi connectivity index (χ1) is 9.10. The van der Waals surface area contributed by atoms with Crippen molar-refractivity contribution in [3.8, 4) is 0 Å². The maximum atomic E-state index is 6.18. The third-order valence-electron chi connectivity index (χ3n) is 3.03. The number of anilines is 1. The summed E-state index contributed by atoms with van der Waals surface area (Å²) >= 11 is 9.62.